The third kappa shape index (κ3) is 17.6. The van der Waals surface area contributed by atoms with Gasteiger partial charge in [-0.2, -0.15) is 0 Å². The van der Waals surface area contributed by atoms with Gasteiger partial charge in [0.1, 0.15) is 5.78 Å². The summed E-state index contributed by atoms with van der Waals surface area (Å²) in [4.78, 5) is 16.5. The van der Waals surface area contributed by atoms with E-state index >= 15 is 0 Å². The molecular formula is C33H66N2O. The Labute approximate surface area is 227 Å². The standard InChI is InChI=1S/C31H60N2O.C2H6/c1-6-8-25-32(24-7-2)29(4)21-15-11-9-13-17-26-33(31-23-19-20-28(31)3)27-18-14-10-12-16-22-30(5)34;1-2/h28,31H,4,6-27H2,1-3,5H3;1-2H3/t28-,31?;/m1./s1. The van der Waals surface area contributed by atoms with E-state index in [4.69, 9.17) is 0 Å². The summed E-state index contributed by atoms with van der Waals surface area (Å²) in [5.41, 5.74) is 1.37. The second kappa shape index (κ2) is 24.5. The van der Waals surface area contributed by atoms with E-state index < -0.39 is 0 Å². The number of carbonyl (C=O) groups is 1. The zero-order chi connectivity index (χ0) is 27.0. The van der Waals surface area contributed by atoms with E-state index in [2.05, 4.69) is 37.1 Å². The van der Waals surface area contributed by atoms with Gasteiger partial charge in [0.05, 0.1) is 0 Å². The van der Waals surface area contributed by atoms with Gasteiger partial charge in [-0.05, 0) is 83.7 Å². The van der Waals surface area contributed by atoms with Crippen molar-refractivity contribution in [2.24, 2.45) is 5.92 Å². The van der Waals surface area contributed by atoms with Crippen molar-refractivity contribution in [3.8, 4) is 0 Å². The average molecular weight is 507 g/mol. The molecule has 1 aliphatic carbocycles. The van der Waals surface area contributed by atoms with Gasteiger partial charge in [0.25, 0.3) is 0 Å². The minimum absolute atomic E-state index is 0.344. The molecule has 0 aromatic carbocycles. The molecule has 1 aliphatic rings. The van der Waals surface area contributed by atoms with E-state index in [9.17, 15) is 4.79 Å². The van der Waals surface area contributed by atoms with Crippen LogP contribution in [0, 0.1) is 5.92 Å². The lowest BCUT2D eigenvalue weighted by Gasteiger charge is -2.32. The highest BCUT2D eigenvalue weighted by molar-refractivity contribution is 5.75. The summed E-state index contributed by atoms with van der Waals surface area (Å²) in [7, 11) is 0. The first-order valence-corrected chi connectivity index (χ1v) is 16.2. The summed E-state index contributed by atoms with van der Waals surface area (Å²) < 4.78 is 0. The Morgan fingerprint density at radius 3 is 1.78 bits per heavy atom. The van der Waals surface area contributed by atoms with Crippen LogP contribution in [0.25, 0.3) is 0 Å². The topological polar surface area (TPSA) is 23.6 Å². The monoisotopic (exact) mass is 507 g/mol. The van der Waals surface area contributed by atoms with Crippen molar-refractivity contribution in [2.45, 2.75) is 163 Å². The predicted molar refractivity (Wildman–Crippen MR) is 162 cm³/mol. The smallest absolute Gasteiger partial charge is 0.129 e. The maximum Gasteiger partial charge on any atom is 0.129 e. The Balaban J connectivity index is 0.00000596. The van der Waals surface area contributed by atoms with E-state index in [1.165, 1.54) is 135 Å². The minimum Gasteiger partial charge on any atom is -0.375 e. The number of nitrogens with zero attached hydrogens (tertiary/aromatic N) is 2. The molecule has 0 radical (unpaired) electrons. The van der Waals surface area contributed by atoms with Crippen LogP contribution in [0.1, 0.15) is 157 Å². The van der Waals surface area contributed by atoms with Crippen LogP contribution in [-0.2, 0) is 4.79 Å². The van der Waals surface area contributed by atoms with E-state index in [1.807, 2.05) is 13.8 Å². The molecule has 0 aromatic rings. The molecule has 0 aromatic heterocycles. The predicted octanol–water partition coefficient (Wildman–Crippen LogP) is 9.80. The number of rotatable bonds is 23. The van der Waals surface area contributed by atoms with E-state index in [0.717, 1.165) is 24.8 Å². The average Bonchev–Trinajstić information content (AvgIpc) is 3.30. The SMILES string of the molecule is C=C(CCCCCCCN(CCCCCCCC(C)=O)C1CCC[C@H]1C)N(CCC)CCCC.CC. The molecule has 0 bridgehead atoms. The maximum absolute atomic E-state index is 11.1. The van der Waals surface area contributed by atoms with Crippen molar-refractivity contribution in [3.63, 3.8) is 0 Å². The van der Waals surface area contributed by atoms with Crippen molar-refractivity contribution < 1.29 is 4.79 Å². The molecular weight excluding hydrogens is 440 g/mol. The molecule has 36 heavy (non-hydrogen) atoms. The van der Waals surface area contributed by atoms with Crippen LogP contribution < -0.4 is 0 Å². The van der Waals surface area contributed by atoms with Crippen molar-refractivity contribution in [3.05, 3.63) is 12.3 Å². The van der Waals surface area contributed by atoms with Crippen LogP contribution in [0.2, 0.25) is 0 Å². The van der Waals surface area contributed by atoms with Gasteiger partial charge in [-0.25, -0.2) is 0 Å². The van der Waals surface area contributed by atoms with Crippen LogP contribution in [0.5, 0.6) is 0 Å². The molecule has 0 aliphatic heterocycles. The first kappa shape index (κ1) is 35.2. The quantitative estimate of drug-likeness (QED) is 0.129. The molecule has 214 valence electrons. The first-order chi connectivity index (χ1) is 17.5. The van der Waals surface area contributed by atoms with Gasteiger partial charge in [0.2, 0.25) is 0 Å². The Morgan fingerprint density at radius 1 is 0.722 bits per heavy atom. The van der Waals surface area contributed by atoms with Crippen molar-refractivity contribution in [1.82, 2.24) is 9.80 Å². The lowest BCUT2D eigenvalue weighted by molar-refractivity contribution is -0.117. The molecule has 0 N–H and O–H groups in total. The number of hydrogen-bond donors (Lipinski definition) is 0. The number of carbonyl (C=O) groups excluding carboxylic acids is 1. The molecule has 1 unspecified atom stereocenters. The van der Waals surface area contributed by atoms with Gasteiger partial charge >= 0.3 is 0 Å². The summed E-state index contributed by atoms with van der Waals surface area (Å²) in [6.07, 6.45) is 23.0. The van der Waals surface area contributed by atoms with Crippen LogP contribution in [-0.4, -0.2) is 47.8 Å². The Morgan fingerprint density at radius 2 is 1.28 bits per heavy atom. The normalized spacial score (nSPS) is 17.2. The second-order valence-corrected chi connectivity index (χ2v) is 11.2. The summed E-state index contributed by atoms with van der Waals surface area (Å²) in [5, 5.41) is 0. The molecule has 3 heteroatoms. The molecule has 0 saturated heterocycles. The summed E-state index contributed by atoms with van der Waals surface area (Å²) >= 11 is 0. The lowest BCUT2D eigenvalue weighted by atomic mass is 10.0. The molecule has 1 saturated carbocycles. The zero-order valence-corrected chi connectivity index (χ0v) is 25.7. The Kier molecular flexibility index (Phi) is 23.9. The maximum atomic E-state index is 11.1. The van der Waals surface area contributed by atoms with Gasteiger partial charge in [-0.3, -0.25) is 0 Å². The molecule has 1 rings (SSSR count). The van der Waals surface area contributed by atoms with Crippen LogP contribution in [0.4, 0.5) is 0 Å². The second-order valence-electron chi connectivity index (χ2n) is 11.2. The van der Waals surface area contributed by atoms with Crippen LogP contribution in [0.15, 0.2) is 12.3 Å². The van der Waals surface area contributed by atoms with Crippen LogP contribution >= 0.6 is 0 Å². The zero-order valence-electron chi connectivity index (χ0n) is 25.7. The number of Topliss-reactive ketones (excluding diaryl/α,β-unsaturated/α-hetero) is 1. The highest BCUT2D eigenvalue weighted by Gasteiger charge is 2.28. The van der Waals surface area contributed by atoms with Gasteiger partial charge in [0.15, 0.2) is 0 Å². The highest BCUT2D eigenvalue weighted by Crippen LogP contribution is 2.30. The fraction of sp³-hybridized carbons (Fsp3) is 0.909. The molecule has 1 fully saturated rings. The van der Waals surface area contributed by atoms with Crippen molar-refractivity contribution in [2.75, 3.05) is 26.2 Å². The highest BCUT2D eigenvalue weighted by atomic mass is 16.1. The lowest BCUT2D eigenvalue weighted by Crippen LogP contribution is -2.38. The van der Waals surface area contributed by atoms with Gasteiger partial charge in [-0.15, -0.1) is 0 Å². The van der Waals surface area contributed by atoms with Gasteiger partial charge in [0, 0.05) is 31.2 Å². The molecule has 0 heterocycles. The Hall–Kier alpha value is -0.830. The molecule has 3 nitrogen and oxygen atoms in total. The van der Waals surface area contributed by atoms with Crippen LogP contribution in [0.3, 0.4) is 0 Å². The van der Waals surface area contributed by atoms with E-state index in [-0.39, 0.29) is 0 Å². The fourth-order valence-corrected chi connectivity index (χ4v) is 5.71. The third-order valence-corrected chi connectivity index (χ3v) is 7.89. The van der Waals surface area contributed by atoms with E-state index in [1.54, 1.807) is 6.92 Å². The number of hydrogen-bond acceptors (Lipinski definition) is 3. The van der Waals surface area contributed by atoms with Gasteiger partial charge < -0.3 is 14.6 Å². The Bertz CT molecular complexity index is 518. The van der Waals surface area contributed by atoms with Crippen molar-refractivity contribution >= 4 is 5.78 Å². The summed E-state index contributed by atoms with van der Waals surface area (Å²) in [5.74, 6) is 1.22. The molecule has 2 atom stereocenters. The molecule has 0 spiro atoms. The number of allylic oxidation sites excluding steroid dienone is 1. The largest absolute Gasteiger partial charge is 0.375 e. The molecule has 0 amide bonds. The van der Waals surface area contributed by atoms with E-state index in [0.29, 0.717) is 5.78 Å². The fourth-order valence-electron chi connectivity index (χ4n) is 5.71. The summed E-state index contributed by atoms with van der Waals surface area (Å²) in [6, 6.07) is 0.828. The first-order valence-electron chi connectivity index (χ1n) is 16.2. The number of unbranched alkanes of at least 4 members (excludes halogenated alkanes) is 9. The summed E-state index contributed by atoms with van der Waals surface area (Å²) in [6.45, 7) is 22.1. The van der Waals surface area contributed by atoms with Gasteiger partial charge in [-0.1, -0.05) is 92.6 Å². The number of ketones is 1. The third-order valence-electron chi connectivity index (χ3n) is 7.89. The minimum atomic E-state index is 0.344. The van der Waals surface area contributed by atoms with Crippen molar-refractivity contribution in [1.29, 1.82) is 0 Å².